The molecule has 5 nitrogen and oxygen atoms in total. The fourth-order valence-corrected chi connectivity index (χ4v) is 3.48. The van der Waals surface area contributed by atoms with Crippen molar-refractivity contribution >= 4 is 11.9 Å². The van der Waals surface area contributed by atoms with Crippen LogP contribution >= 0.6 is 0 Å². The first kappa shape index (κ1) is 15.0. The Labute approximate surface area is 119 Å². The molecule has 2 bridgehead atoms. The van der Waals surface area contributed by atoms with Crippen LogP contribution in [-0.4, -0.2) is 31.9 Å². The Morgan fingerprint density at radius 1 is 1.30 bits per heavy atom. The lowest BCUT2D eigenvalue weighted by molar-refractivity contribution is -0.155. The molecule has 0 aromatic rings. The van der Waals surface area contributed by atoms with Gasteiger partial charge in [0.05, 0.1) is 0 Å². The third-order valence-electron chi connectivity index (χ3n) is 4.39. The zero-order chi connectivity index (χ0) is 14.7. The Morgan fingerprint density at radius 3 is 2.70 bits per heavy atom. The Morgan fingerprint density at radius 2 is 2.05 bits per heavy atom. The smallest absolute Gasteiger partial charge is 0.333 e. The predicted octanol–water partition coefficient (Wildman–Crippen LogP) is 2.06. The van der Waals surface area contributed by atoms with Crippen molar-refractivity contribution in [2.75, 3.05) is 13.9 Å². The van der Waals surface area contributed by atoms with Gasteiger partial charge in [-0.25, -0.2) is 4.79 Å². The first-order valence-corrected chi connectivity index (χ1v) is 7.04. The molecule has 4 atom stereocenters. The van der Waals surface area contributed by atoms with Gasteiger partial charge in [0.15, 0.2) is 6.79 Å². The highest BCUT2D eigenvalue weighted by Crippen LogP contribution is 2.52. The zero-order valence-electron chi connectivity index (χ0n) is 12.1. The maximum atomic E-state index is 11.7. The highest BCUT2D eigenvalue weighted by Gasteiger charge is 2.50. The van der Waals surface area contributed by atoms with E-state index in [1.807, 2.05) is 0 Å². The molecule has 2 saturated carbocycles. The van der Waals surface area contributed by atoms with Crippen LogP contribution in [-0.2, 0) is 23.8 Å². The summed E-state index contributed by atoms with van der Waals surface area (Å²) in [6.07, 6.45) is 3.29. The number of hydrogen-bond acceptors (Lipinski definition) is 5. The third kappa shape index (κ3) is 3.20. The topological polar surface area (TPSA) is 61.8 Å². The second-order valence-electron chi connectivity index (χ2n) is 5.75. The second-order valence-corrected chi connectivity index (χ2v) is 5.75. The minimum Gasteiger partial charge on any atom is -0.459 e. The minimum atomic E-state index is -0.330. The molecule has 2 aliphatic rings. The van der Waals surface area contributed by atoms with Gasteiger partial charge in [-0.05, 0) is 43.9 Å². The van der Waals surface area contributed by atoms with E-state index in [0.717, 1.165) is 19.3 Å². The molecule has 2 aliphatic carbocycles. The van der Waals surface area contributed by atoms with E-state index in [-0.39, 0.29) is 36.7 Å². The van der Waals surface area contributed by atoms with Crippen molar-refractivity contribution in [1.82, 2.24) is 0 Å². The van der Waals surface area contributed by atoms with Crippen molar-refractivity contribution < 1.29 is 23.8 Å². The monoisotopic (exact) mass is 282 g/mol. The summed E-state index contributed by atoms with van der Waals surface area (Å²) in [6.45, 7) is 5.24. The third-order valence-corrected chi connectivity index (χ3v) is 4.39. The number of hydrogen-bond donors (Lipinski definition) is 0. The van der Waals surface area contributed by atoms with Crippen molar-refractivity contribution in [3.05, 3.63) is 12.2 Å². The van der Waals surface area contributed by atoms with Crippen LogP contribution in [0.2, 0.25) is 0 Å². The quantitative estimate of drug-likeness (QED) is 0.424. The number of carbonyl (C=O) groups is 2. The molecule has 0 aliphatic heterocycles. The summed E-state index contributed by atoms with van der Waals surface area (Å²) in [5, 5.41) is 0. The van der Waals surface area contributed by atoms with E-state index in [0.29, 0.717) is 17.9 Å². The average molecular weight is 282 g/mol. The molecular weight excluding hydrogens is 260 g/mol. The molecule has 0 heterocycles. The molecule has 112 valence electrons. The van der Waals surface area contributed by atoms with E-state index in [2.05, 4.69) is 6.58 Å². The fraction of sp³-hybridized carbons (Fsp3) is 0.733. The normalized spacial score (nSPS) is 31.1. The summed E-state index contributed by atoms with van der Waals surface area (Å²) in [5.41, 5.74) is 0.420. The molecular formula is C15H22O5. The van der Waals surface area contributed by atoms with E-state index in [1.54, 1.807) is 6.92 Å². The van der Waals surface area contributed by atoms with E-state index in [1.165, 1.54) is 7.11 Å². The van der Waals surface area contributed by atoms with Gasteiger partial charge in [-0.15, -0.1) is 0 Å². The van der Waals surface area contributed by atoms with Crippen LogP contribution in [0.4, 0.5) is 0 Å². The van der Waals surface area contributed by atoms with Crippen LogP contribution in [0.5, 0.6) is 0 Å². The maximum Gasteiger partial charge on any atom is 0.333 e. The first-order chi connectivity index (χ1) is 9.52. The van der Waals surface area contributed by atoms with Gasteiger partial charge in [-0.1, -0.05) is 6.58 Å². The lowest BCUT2D eigenvalue weighted by Gasteiger charge is -2.22. The SMILES string of the molecule is C=C(C)C(=O)OC1CC2CCC1C2CC(=O)OCOC. The number of rotatable bonds is 6. The Bertz CT molecular complexity index is 403. The van der Waals surface area contributed by atoms with Crippen LogP contribution in [0.3, 0.4) is 0 Å². The summed E-state index contributed by atoms with van der Waals surface area (Å²) >= 11 is 0. The van der Waals surface area contributed by atoms with Crippen molar-refractivity contribution in [3.8, 4) is 0 Å². The van der Waals surface area contributed by atoms with Gasteiger partial charge >= 0.3 is 11.9 Å². The summed E-state index contributed by atoms with van der Waals surface area (Å²) in [5.74, 6) is 0.433. The Balaban J connectivity index is 1.89. The van der Waals surface area contributed by atoms with Gasteiger partial charge in [0, 0.05) is 19.1 Å². The lowest BCUT2D eigenvalue weighted by Crippen LogP contribution is -2.26. The molecule has 0 saturated heterocycles. The summed E-state index contributed by atoms with van der Waals surface area (Å²) in [6, 6.07) is 0. The maximum absolute atomic E-state index is 11.7. The van der Waals surface area contributed by atoms with Gasteiger partial charge in [-0.3, -0.25) is 4.79 Å². The fourth-order valence-electron chi connectivity index (χ4n) is 3.48. The predicted molar refractivity (Wildman–Crippen MR) is 71.6 cm³/mol. The molecule has 0 spiro atoms. The molecule has 0 aromatic heterocycles. The number of fused-ring (bicyclic) bond motifs is 2. The second kappa shape index (κ2) is 6.39. The molecule has 2 rings (SSSR count). The molecule has 0 N–H and O–H groups in total. The van der Waals surface area contributed by atoms with E-state index in [9.17, 15) is 9.59 Å². The van der Waals surface area contributed by atoms with Crippen molar-refractivity contribution in [2.45, 2.75) is 38.7 Å². The Hall–Kier alpha value is -1.36. The van der Waals surface area contributed by atoms with Crippen LogP contribution in [0, 0.1) is 17.8 Å². The standard InChI is InChI=1S/C15H22O5/c1-9(2)15(17)20-13-6-10-4-5-11(13)12(10)7-14(16)19-8-18-3/h10-13H,1,4-8H2,2-3H3. The summed E-state index contributed by atoms with van der Waals surface area (Å²) in [7, 11) is 1.49. The van der Waals surface area contributed by atoms with Crippen LogP contribution < -0.4 is 0 Å². The highest BCUT2D eigenvalue weighted by atomic mass is 16.7. The number of ether oxygens (including phenoxy) is 3. The average Bonchev–Trinajstić information content (AvgIpc) is 2.93. The molecule has 20 heavy (non-hydrogen) atoms. The van der Waals surface area contributed by atoms with Crippen LogP contribution in [0.15, 0.2) is 12.2 Å². The van der Waals surface area contributed by atoms with Gasteiger partial charge in [0.1, 0.15) is 6.10 Å². The molecule has 0 amide bonds. The van der Waals surface area contributed by atoms with Crippen LogP contribution in [0.1, 0.15) is 32.6 Å². The van der Waals surface area contributed by atoms with Gasteiger partial charge in [0.2, 0.25) is 0 Å². The molecule has 0 radical (unpaired) electrons. The Kier molecular flexibility index (Phi) is 4.81. The first-order valence-electron chi connectivity index (χ1n) is 7.04. The number of esters is 2. The molecule has 5 heteroatoms. The van der Waals surface area contributed by atoms with E-state index < -0.39 is 0 Å². The van der Waals surface area contributed by atoms with Gasteiger partial charge in [-0.2, -0.15) is 0 Å². The molecule has 4 unspecified atom stereocenters. The van der Waals surface area contributed by atoms with Crippen molar-refractivity contribution in [1.29, 1.82) is 0 Å². The van der Waals surface area contributed by atoms with E-state index in [4.69, 9.17) is 14.2 Å². The van der Waals surface area contributed by atoms with E-state index >= 15 is 0 Å². The highest BCUT2D eigenvalue weighted by molar-refractivity contribution is 5.87. The molecule has 2 fully saturated rings. The number of methoxy groups -OCH3 is 1. The zero-order valence-corrected chi connectivity index (χ0v) is 12.1. The minimum absolute atomic E-state index is 0.00500. The largest absolute Gasteiger partial charge is 0.459 e. The number of carbonyl (C=O) groups excluding carboxylic acids is 2. The van der Waals surface area contributed by atoms with Crippen molar-refractivity contribution in [2.24, 2.45) is 17.8 Å². The van der Waals surface area contributed by atoms with Crippen molar-refractivity contribution in [3.63, 3.8) is 0 Å². The van der Waals surface area contributed by atoms with Gasteiger partial charge < -0.3 is 14.2 Å². The molecule has 0 aromatic carbocycles. The van der Waals surface area contributed by atoms with Gasteiger partial charge in [0.25, 0.3) is 0 Å². The summed E-state index contributed by atoms with van der Waals surface area (Å²) in [4.78, 5) is 23.3. The van der Waals surface area contributed by atoms with Crippen LogP contribution in [0.25, 0.3) is 0 Å². The lowest BCUT2D eigenvalue weighted by atomic mass is 9.94. The summed E-state index contributed by atoms with van der Waals surface area (Å²) < 4.78 is 15.2.